The Morgan fingerprint density at radius 1 is 1.25 bits per heavy atom. The van der Waals surface area contributed by atoms with E-state index >= 15 is 0 Å². The maximum atomic E-state index is 14.6. The zero-order valence-electron chi connectivity index (χ0n) is 17.0. The monoisotopic (exact) mass is 387 g/mol. The third-order valence-electron chi connectivity index (χ3n) is 5.19. The molecule has 1 unspecified atom stereocenters. The molecule has 1 aliphatic heterocycles. The third-order valence-corrected chi connectivity index (χ3v) is 5.19. The van der Waals surface area contributed by atoms with E-state index in [1.165, 1.54) is 5.56 Å². The van der Waals surface area contributed by atoms with Crippen molar-refractivity contribution in [2.45, 2.75) is 32.9 Å². The van der Waals surface area contributed by atoms with Crippen molar-refractivity contribution in [3.63, 3.8) is 0 Å². The Morgan fingerprint density at radius 3 is 2.68 bits per heavy atom. The molecule has 1 aromatic carbocycles. The van der Waals surface area contributed by atoms with Crippen LogP contribution in [0.25, 0.3) is 0 Å². The number of ether oxygens (including phenoxy) is 2. The van der Waals surface area contributed by atoms with Crippen molar-refractivity contribution >= 4 is 5.82 Å². The van der Waals surface area contributed by atoms with Crippen LogP contribution in [0.3, 0.4) is 0 Å². The summed E-state index contributed by atoms with van der Waals surface area (Å²) in [6, 6.07) is 9.91. The van der Waals surface area contributed by atoms with Crippen LogP contribution in [-0.2, 0) is 17.7 Å². The molecule has 1 atom stereocenters. The highest BCUT2D eigenvalue weighted by Gasteiger charge is 2.18. The number of nitrogens with zero attached hydrogens (tertiary/aromatic N) is 2. The highest BCUT2D eigenvalue weighted by atomic mass is 19.1. The molecule has 6 heteroatoms. The Balaban J connectivity index is 1.64. The average molecular weight is 387 g/mol. The molecule has 2 heterocycles. The van der Waals surface area contributed by atoms with Crippen LogP contribution in [0.4, 0.5) is 10.2 Å². The van der Waals surface area contributed by atoms with Gasteiger partial charge in [0.1, 0.15) is 5.75 Å². The van der Waals surface area contributed by atoms with Gasteiger partial charge in [0.15, 0.2) is 11.6 Å². The minimum Gasteiger partial charge on any atom is -0.496 e. The van der Waals surface area contributed by atoms with Gasteiger partial charge >= 0.3 is 0 Å². The molecule has 0 saturated carbocycles. The second-order valence-electron chi connectivity index (χ2n) is 7.50. The molecule has 152 valence electrons. The number of para-hydroxylation sites is 1. The number of nitrogens with one attached hydrogen (secondary N) is 1. The fourth-order valence-electron chi connectivity index (χ4n) is 3.48. The van der Waals surface area contributed by atoms with Crippen LogP contribution in [0, 0.1) is 11.7 Å². The van der Waals surface area contributed by atoms with Gasteiger partial charge in [-0.1, -0.05) is 32.0 Å². The molecule has 0 aliphatic carbocycles. The van der Waals surface area contributed by atoms with Crippen molar-refractivity contribution in [3.05, 3.63) is 53.5 Å². The van der Waals surface area contributed by atoms with E-state index in [2.05, 4.69) is 30.2 Å². The van der Waals surface area contributed by atoms with Crippen molar-refractivity contribution in [1.29, 1.82) is 0 Å². The minimum absolute atomic E-state index is 0.248. The fraction of sp³-hybridized carbons (Fsp3) is 0.500. The van der Waals surface area contributed by atoms with Crippen LogP contribution in [0.5, 0.6) is 5.75 Å². The summed E-state index contributed by atoms with van der Waals surface area (Å²) >= 11 is 0. The molecule has 1 aromatic heterocycles. The van der Waals surface area contributed by atoms with Crippen LogP contribution < -0.4 is 15.0 Å². The molecule has 3 rings (SSSR count). The zero-order chi connectivity index (χ0) is 19.9. The predicted octanol–water partition coefficient (Wildman–Crippen LogP) is 3.42. The molecule has 1 aliphatic rings. The van der Waals surface area contributed by atoms with E-state index in [-0.39, 0.29) is 11.9 Å². The van der Waals surface area contributed by atoms with E-state index in [1.54, 1.807) is 19.4 Å². The van der Waals surface area contributed by atoms with Crippen molar-refractivity contribution in [1.82, 2.24) is 10.3 Å². The number of hydrogen-bond donors (Lipinski definition) is 1. The molecule has 2 aromatic rings. The Morgan fingerprint density at radius 2 is 2.00 bits per heavy atom. The standard InChI is InChI=1S/C22H30FN3O2/c1-16(2)20(13-18-6-4-5-7-21(18)27-3)24-14-17-12-19(23)22(25-15-17)26-8-10-28-11-9-26/h4-7,12,15-16,20,24H,8-11,13-14H2,1-3H3. The lowest BCUT2D eigenvalue weighted by Gasteiger charge is -2.28. The molecule has 5 nitrogen and oxygen atoms in total. The number of hydrogen-bond acceptors (Lipinski definition) is 5. The fourth-order valence-corrected chi connectivity index (χ4v) is 3.48. The van der Waals surface area contributed by atoms with Gasteiger partial charge in [-0.05, 0) is 35.6 Å². The molecule has 1 fully saturated rings. The SMILES string of the molecule is COc1ccccc1CC(NCc1cnc(N2CCOCC2)c(F)c1)C(C)C. The van der Waals surface area contributed by atoms with E-state index in [0.717, 1.165) is 17.7 Å². The quantitative estimate of drug-likeness (QED) is 0.752. The van der Waals surface area contributed by atoms with Crippen molar-refractivity contribution < 1.29 is 13.9 Å². The Labute approximate surface area is 166 Å². The largest absolute Gasteiger partial charge is 0.496 e. The van der Waals surface area contributed by atoms with E-state index in [9.17, 15) is 4.39 Å². The maximum absolute atomic E-state index is 14.6. The summed E-state index contributed by atoms with van der Waals surface area (Å²) in [6.45, 7) is 7.53. The Hall–Kier alpha value is -2.18. The first-order valence-corrected chi connectivity index (χ1v) is 9.91. The summed E-state index contributed by atoms with van der Waals surface area (Å²) in [5.74, 6) is 1.47. The van der Waals surface area contributed by atoms with Crippen molar-refractivity contribution in [3.8, 4) is 5.75 Å². The molecule has 0 spiro atoms. The van der Waals surface area contributed by atoms with Crippen LogP contribution in [0.2, 0.25) is 0 Å². The summed E-state index contributed by atoms with van der Waals surface area (Å²) in [4.78, 5) is 6.31. The first-order valence-electron chi connectivity index (χ1n) is 9.91. The summed E-state index contributed by atoms with van der Waals surface area (Å²) < 4.78 is 25.4. The number of halogens is 1. The molecular formula is C22H30FN3O2. The second-order valence-corrected chi connectivity index (χ2v) is 7.50. The first-order chi connectivity index (χ1) is 13.6. The lowest BCUT2D eigenvalue weighted by atomic mass is 9.95. The van der Waals surface area contributed by atoms with Gasteiger partial charge in [0, 0.05) is 31.9 Å². The van der Waals surface area contributed by atoms with Crippen molar-refractivity contribution in [2.24, 2.45) is 5.92 Å². The molecule has 1 saturated heterocycles. The number of morpholine rings is 1. The normalized spacial score (nSPS) is 15.7. The van der Waals surface area contributed by atoms with E-state index in [0.29, 0.717) is 44.6 Å². The molecule has 28 heavy (non-hydrogen) atoms. The van der Waals surface area contributed by atoms with Gasteiger partial charge in [0.05, 0.1) is 20.3 Å². The average Bonchev–Trinajstić information content (AvgIpc) is 2.72. The lowest BCUT2D eigenvalue weighted by Crippen LogP contribution is -2.37. The molecule has 0 bridgehead atoms. The summed E-state index contributed by atoms with van der Waals surface area (Å²) in [6.07, 6.45) is 2.62. The van der Waals surface area contributed by atoms with E-state index < -0.39 is 0 Å². The number of rotatable bonds is 8. The summed E-state index contributed by atoms with van der Waals surface area (Å²) in [5, 5.41) is 3.57. The van der Waals surface area contributed by atoms with Gasteiger partial charge in [-0.2, -0.15) is 0 Å². The van der Waals surface area contributed by atoms with Gasteiger partial charge in [-0.25, -0.2) is 9.37 Å². The van der Waals surface area contributed by atoms with Gasteiger partial charge in [0.2, 0.25) is 0 Å². The second kappa shape index (κ2) is 9.85. The smallest absolute Gasteiger partial charge is 0.165 e. The van der Waals surface area contributed by atoms with Crippen molar-refractivity contribution in [2.75, 3.05) is 38.3 Å². The minimum atomic E-state index is -0.271. The summed E-state index contributed by atoms with van der Waals surface area (Å²) in [5.41, 5.74) is 2.02. The maximum Gasteiger partial charge on any atom is 0.165 e. The number of aromatic nitrogens is 1. The number of anilines is 1. The summed E-state index contributed by atoms with van der Waals surface area (Å²) in [7, 11) is 1.70. The van der Waals surface area contributed by atoms with Crippen LogP contribution in [0.15, 0.2) is 36.5 Å². The molecule has 1 N–H and O–H groups in total. The van der Waals surface area contributed by atoms with E-state index in [4.69, 9.17) is 9.47 Å². The highest BCUT2D eigenvalue weighted by Crippen LogP contribution is 2.22. The Bertz CT molecular complexity index is 763. The van der Waals surface area contributed by atoms with Crippen LogP contribution >= 0.6 is 0 Å². The molecule has 0 amide bonds. The molecule has 0 radical (unpaired) electrons. The lowest BCUT2D eigenvalue weighted by molar-refractivity contribution is 0.122. The van der Waals surface area contributed by atoms with E-state index in [1.807, 2.05) is 23.1 Å². The van der Waals surface area contributed by atoms with Gasteiger partial charge < -0.3 is 19.7 Å². The van der Waals surface area contributed by atoms with Gasteiger partial charge in [-0.3, -0.25) is 0 Å². The first kappa shape index (κ1) is 20.6. The zero-order valence-corrected chi connectivity index (χ0v) is 17.0. The van der Waals surface area contributed by atoms with Crippen LogP contribution in [-0.4, -0.2) is 44.4 Å². The number of benzene rings is 1. The Kier molecular flexibility index (Phi) is 7.23. The predicted molar refractivity (Wildman–Crippen MR) is 109 cm³/mol. The molecular weight excluding hydrogens is 357 g/mol. The van der Waals surface area contributed by atoms with Crippen LogP contribution in [0.1, 0.15) is 25.0 Å². The third kappa shape index (κ3) is 5.20. The number of methoxy groups -OCH3 is 1. The number of pyridine rings is 1. The van der Waals surface area contributed by atoms with Gasteiger partial charge in [-0.15, -0.1) is 0 Å². The van der Waals surface area contributed by atoms with Gasteiger partial charge in [0.25, 0.3) is 0 Å². The topological polar surface area (TPSA) is 46.6 Å². The highest BCUT2D eigenvalue weighted by molar-refractivity contribution is 5.41.